The Morgan fingerprint density at radius 2 is 2.00 bits per heavy atom. The lowest BCUT2D eigenvalue weighted by molar-refractivity contribution is -0.123. The molecule has 0 aliphatic carbocycles. The summed E-state index contributed by atoms with van der Waals surface area (Å²) in [6, 6.07) is 9.72. The van der Waals surface area contributed by atoms with E-state index in [-0.39, 0.29) is 24.1 Å². The Hall–Kier alpha value is -2.37. The Bertz CT molecular complexity index is 630. The van der Waals surface area contributed by atoms with Crippen molar-refractivity contribution in [3.63, 3.8) is 0 Å². The SMILES string of the molecule is CC(C)CC(C(=O)NCc1n[nH]c(=O)[nH]1)c1ccccc1. The largest absolute Gasteiger partial charge is 0.348 e. The topological polar surface area (TPSA) is 90.6 Å². The first kappa shape index (κ1) is 15.0. The van der Waals surface area contributed by atoms with Crippen LogP contribution in [-0.2, 0) is 11.3 Å². The van der Waals surface area contributed by atoms with Crippen LogP contribution in [0.25, 0.3) is 0 Å². The Kier molecular flexibility index (Phi) is 4.92. The monoisotopic (exact) mass is 288 g/mol. The fourth-order valence-corrected chi connectivity index (χ4v) is 2.23. The van der Waals surface area contributed by atoms with Gasteiger partial charge in [0.05, 0.1) is 12.5 Å². The van der Waals surface area contributed by atoms with E-state index in [1.807, 2.05) is 30.3 Å². The van der Waals surface area contributed by atoms with Crippen molar-refractivity contribution in [3.8, 4) is 0 Å². The molecule has 1 amide bonds. The van der Waals surface area contributed by atoms with E-state index in [1.165, 1.54) is 0 Å². The fourth-order valence-electron chi connectivity index (χ4n) is 2.23. The molecule has 1 aromatic heterocycles. The maximum Gasteiger partial charge on any atom is 0.340 e. The number of nitrogens with one attached hydrogen (secondary N) is 3. The molecule has 21 heavy (non-hydrogen) atoms. The summed E-state index contributed by atoms with van der Waals surface area (Å²) in [7, 11) is 0. The van der Waals surface area contributed by atoms with Gasteiger partial charge < -0.3 is 5.32 Å². The fraction of sp³-hybridized carbons (Fsp3) is 0.400. The maximum absolute atomic E-state index is 12.4. The minimum absolute atomic E-state index is 0.0567. The number of amides is 1. The molecule has 112 valence electrons. The van der Waals surface area contributed by atoms with E-state index >= 15 is 0 Å². The average molecular weight is 288 g/mol. The van der Waals surface area contributed by atoms with Gasteiger partial charge in [0, 0.05) is 0 Å². The zero-order valence-corrected chi connectivity index (χ0v) is 12.2. The summed E-state index contributed by atoms with van der Waals surface area (Å²) < 4.78 is 0. The normalized spacial score (nSPS) is 12.3. The number of H-pyrrole nitrogens is 2. The third-order valence-corrected chi connectivity index (χ3v) is 3.21. The number of aromatic nitrogens is 3. The van der Waals surface area contributed by atoms with Gasteiger partial charge in [0.1, 0.15) is 5.82 Å². The molecule has 0 aliphatic heterocycles. The summed E-state index contributed by atoms with van der Waals surface area (Å²) in [6.45, 7) is 4.39. The molecule has 3 N–H and O–H groups in total. The summed E-state index contributed by atoms with van der Waals surface area (Å²) in [5.41, 5.74) is 0.625. The molecule has 0 spiro atoms. The van der Waals surface area contributed by atoms with Gasteiger partial charge in [0.2, 0.25) is 5.91 Å². The van der Waals surface area contributed by atoms with Gasteiger partial charge in [-0.25, -0.2) is 9.89 Å². The first-order valence-corrected chi connectivity index (χ1v) is 7.02. The van der Waals surface area contributed by atoms with Crippen LogP contribution in [-0.4, -0.2) is 21.1 Å². The van der Waals surface area contributed by atoms with E-state index in [2.05, 4.69) is 34.3 Å². The first-order chi connectivity index (χ1) is 10.1. The van der Waals surface area contributed by atoms with Crippen LogP contribution >= 0.6 is 0 Å². The molecule has 6 nitrogen and oxygen atoms in total. The number of rotatable bonds is 6. The maximum atomic E-state index is 12.4. The zero-order valence-electron chi connectivity index (χ0n) is 12.2. The lowest BCUT2D eigenvalue weighted by Crippen LogP contribution is -2.30. The van der Waals surface area contributed by atoms with Crippen LogP contribution in [0.4, 0.5) is 0 Å². The van der Waals surface area contributed by atoms with Crippen molar-refractivity contribution in [3.05, 3.63) is 52.2 Å². The molecule has 0 saturated carbocycles. The van der Waals surface area contributed by atoms with E-state index in [4.69, 9.17) is 0 Å². The highest BCUT2D eigenvalue weighted by atomic mass is 16.2. The molecule has 0 saturated heterocycles. The molecule has 1 aromatic carbocycles. The predicted octanol–water partition coefficient (Wildman–Crippen LogP) is 1.54. The number of carbonyl (C=O) groups is 1. The number of carbonyl (C=O) groups excluding carboxylic acids is 1. The average Bonchev–Trinajstić information content (AvgIpc) is 2.88. The molecule has 0 aliphatic rings. The van der Waals surface area contributed by atoms with Gasteiger partial charge in [-0.1, -0.05) is 44.2 Å². The molecule has 6 heteroatoms. The van der Waals surface area contributed by atoms with Gasteiger partial charge in [-0.3, -0.25) is 9.78 Å². The Morgan fingerprint density at radius 1 is 1.29 bits per heavy atom. The second-order valence-corrected chi connectivity index (χ2v) is 5.44. The molecule has 0 fully saturated rings. The van der Waals surface area contributed by atoms with E-state index < -0.39 is 0 Å². The van der Waals surface area contributed by atoms with Gasteiger partial charge in [-0.2, -0.15) is 5.10 Å². The standard InChI is InChI=1S/C15H20N4O2/c1-10(2)8-12(11-6-4-3-5-7-11)14(20)16-9-13-17-15(21)19-18-13/h3-7,10,12H,8-9H2,1-2H3,(H,16,20)(H2,17,18,19,21). The zero-order chi connectivity index (χ0) is 15.2. The van der Waals surface area contributed by atoms with Crippen molar-refractivity contribution in [2.45, 2.75) is 32.7 Å². The number of benzene rings is 1. The molecule has 1 heterocycles. The van der Waals surface area contributed by atoms with Crippen molar-refractivity contribution in [1.29, 1.82) is 0 Å². The molecule has 0 bridgehead atoms. The second-order valence-electron chi connectivity index (χ2n) is 5.44. The predicted molar refractivity (Wildman–Crippen MR) is 79.7 cm³/mol. The number of hydrogen-bond acceptors (Lipinski definition) is 3. The van der Waals surface area contributed by atoms with Gasteiger partial charge in [0.15, 0.2) is 0 Å². The lowest BCUT2D eigenvalue weighted by Gasteiger charge is -2.18. The van der Waals surface area contributed by atoms with Crippen LogP contribution in [0.15, 0.2) is 35.1 Å². The van der Waals surface area contributed by atoms with Crippen LogP contribution in [0.5, 0.6) is 0 Å². The molecule has 2 aromatic rings. The summed E-state index contributed by atoms with van der Waals surface area (Å²) in [5, 5.41) is 8.87. The van der Waals surface area contributed by atoms with Crippen LogP contribution in [0.1, 0.15) is 37.6 Å². The van der Waals surface area contributed by atoms with E-state index in [0.717, 1.165) is 12.0 Å². The summed E-state index contributed by atoms with van der Waals surface area (Å²) in [4.78, 5) is 25.9. The lowest BCUT2D eigenvalue weighted by atomic mass is 9.89. The molecular formula is C15H20N4O2. The molecule has 0 radical (unpaired) electrons. The van der Waals surface area contributed by atoms with Gasteiger partial charge in [-0.05, 0) is 17.9 Å². The second kappa shape index (κ2) is 6.88. The van der Waals surface area contributed by atoms with Crippen molar-refractivity contribution in [2.75, 3.05) is 0 Å². The van der Waals surface area contributed by atoms with Crippen molar-refractivity contribution >= 4 is 5.91 Å². The van der Waals surface area contributed by atoms with E-state index in [1.54, 1.807) is 0 Å². The van der Waals surface area contributed by atoms with Crippen LogP contribution in [0.2, 0.25) is 0 Å². The Balaban J connectivity index is 2.05. The first-order valence-electron chi connectivity index (χ1n) is 7.02. The highest BCUT2D eigenvalue weighted by Crippen LogP contribution is 2.23. The minimum Gasteiger partial charge on any atom is -0.348 e. The van der Waals surface area contributed by atoms with Crippen LogP contribution < -0.4 is 11.0 Å². The minimum atomic E-state index is -0.374. The highest BCUT2D eigenvalue weighted by molar-refractivity contribution is 5.83. The summed E-state index contributed by atoms with van der Waals surface area (Å²) >= 11 is 0. The van der Waals surface area contributed by atoms with Crippen LogP contribution in [0.3, 0.4) is 0 Å². The van der Waals surface area contributed by atoms with Gasteiger partial charge in [-0.15, -0.1) is 0 Å². The summed E-state index contributed by atoms with van der Waals surface area (Å²) in [5.74, 6) is 0.575. The molecule has 2 rings (SSSR count). The van der Waals surface area contributed by atoms with Gasteiger partial charge >= 0.3 is 5.69 Å². The Morgan fingerprint density at radius 3 is 2.57 bits per heavy atom. The number of nitrogens with zero attached hydrogens (tertiary/aromatic N) is 1. The molecular weight excluding hydrogens is 268 g/mol. The van der Waals surface area contributed by atoms with E-state index in [9.17, 15) is 9.59 Å². The number of hydrogen-bond donors (Lipinski definition) is 3. The highest BCUT2D eigenvalue weighted by Gasteiger charge is 2.21. The third-order valence-electron chi connectivity index (χ3n) is 3.21. The molecule has 1 atom stereocenters. The van der Waals surface area contributed by atoms with Crippen molar-refractivity contribution in [1.82, 2.24) is 20.5 Å². The number of aromatic amines is 2. The summed E-state index contributed by atoms with van der Waals surface area (Å²) in [6.07, 6.45) is 0.771. The van der Waals surface area contributed by atoms with E-state index in [0.29, 0.717) is 11.7 Å². The van der Waals surface area contributed by atoms with Crippen molar-refractivity contribution < 1.29 is 4.79 Å². The van der Waals surface area contributed by atoms with Gasteiger partial charge in [0.25, 0.3) is 0 Å². The quantitative estimate of drug-likeness (QED) is 0.753. The third kappa shape index (κ3) is 4.30. The smallest absolute Gasteiger partial charge is 0.340 e. The van der Waals surface area contributed by atoms with Crippen molar-refractivity contribution in [2.24, 2.45) is 5.92 Å². The van der Waals surface area contributed by atoms with Crippen LogP contribution in [0, 0.1) is 5.92 Å². The molecule has 1 unspecified atom stereocenters. The Labute approximate surface area is 123 Å².